The first-order chi connectivity index (χ1) is 7.70. The van der Waals surface area contributed by atoms with Crippen LogP contribution in [0.5, 0.6) is 0 Å². The van der Waals surface area contributed by atoms with Gasteiger partial charge < -0.3 is 10.1 Å². The van der Waals surface area contributed by atoms with Crippen molar-refractivity contribution in [3.63, 3.8) is 0 Å². The molecule has 2 nitrogen and oxygen atoms in total. The number of ether oxygens (including phenoxy) is 1. The van der Waals surface area contributed by atoms with E-state index in [0.29, 0.717) is 11.0 Å². The molecule has 1 N–H and O–H groups in total. The van der Waals surface area contributed by atoms with Gasteiger partial charge in [-0.2, -0.15) is 0 Å². The van der Waals surface area contributed by atoms with Gasteiger partial charge in [0.2, 0.25) is 0 Å². The van der Waals surface area contributed by atoms with Gasteiger partial charge in [0.1, 0.15) is 0 Å². The van der Waals surface area contributed by atoms with E-state index in [4.69, 9.17) is 4.74 Å². The molecule has 0 aromatic carbocycles. The summed E-state index contributed by atoms with van der Waals surface area (Å²) in [6.07, 6.45) is 10.8. The van der Waals surface area contributed by atoms with Crippen LogP contribution in [-0.4, -0.2) is 24.8 Å². The van der Waals surface area contributed by atoms with Gasteiger partial charge in [0, 0.05) is 19.2 Å². The summed E-state index contributed by atoms with van der Waals surface area (Å²) in [4.78, 5) is 0. The Morgan fingerprint density at radius 3 is 2.50 bits per heavy atom. The summed E-state index contributed by atoms with van der Waals surface area (Å²) in [7, 11) is 0. The third-order valence-corrected chi connectivity index (χ3v) is 5.14. The summed E-state index contributed by atoms with van der Waals surface area (Å²) >= 11 is 0. The zero-order chi connectivity index (χ0) is 11.1. The minimum absolute atomic E-state index is 0.302. The first-order valence-electron chi connectivity index (χ1n) is 7.07. The van der Waals surface area contributed by atoms with E-state index in [2.05, 4.69) is 12.2 Å². The molecule has 0 aromatic heterocycles. The molecule has 1 unspecified atom stereocenters. The molecule has 2 saturated carbocycles. The molecule has 1 spiro atoms. The highest BCUT2D eigenvalue weighted by Crippen LogP contribution is 2.43. The first kappa shape index (κ1) is 11.0. The molecule has 3 fully saturated rings. The fraction of sp³-hybridized carbons (Fsp3) is 1.00. The van der Waals surface area contributed by atoms with Crippen molar-refractivity contribution in [2.45, 2.75) is 69.9 Å². The van der Waals surface area contributed by atoms with Gasteiger partial charge >= 0.3 is 0 Å². The first-order valence-corrected chi connectivity index (χ1v) is 7.07. The molecule has 2 aliphatic carbocycles. The Hall–Kier alpha value is -0.0800. The zero-order valence-electron chi connectivity index (χ0n) is 10.6. The summed E-state index contributed by atoms with van der Waals surface area (Å²) in [6, 6.07) is 0.728. The maximum atomic E-state index is 5.96. The molecule has 1 aliphatic heterocycles. The van der Waals surface area contributed by atoms with Crippen LogP contribution in [0.4, 0.5) is 0 Å². The lowest BCUT2D eigenvalue weighted by atomic mass is 9.70. The van der Waals surface area contributed by atoms with Gasteiger partial charge in [-0.25, -0.2) is 0 Å². The molecule has 1 atom stereocenters. The van der Waals surface area contributed by atoms with E-state index in [-0.39, 0.29) is 0 Å². The van der Waals surface area contributed by atoms with E-state index in [1.54, 1.807) is 0 Å². The Bertz CT molecular complexity index is 255. The summed E-state index contributed by atoms with van der Waals surface area (Å²) < 4.78 is 5.96. The molecule has 3 aliphatic rings. The lowest BCUT2D eigenvalue weighted by Crippen LogP contribution is -2.52. The maximum Gasteiger partial charge on any atom is 0.0697 e. The number of nitrogens with one attached hydrogen (secondary N) is 1. The maximum absolute atomic E-state index is 5.96. The summed E-state index contributed by atoms with van der Waals surface area (Å²) in [5.74, 6) is 0. The molecule has 0 bridgehead atoms. The van der Waals surface area contributed by atoms with Gasteiger partial charge in [0.05, 0.1) is 5.60 Å². The highest BCUT2D eigenvalue weighted by molar-refractivity contribution is 4.97. The quantitative estimate of drug-likeness (QED) is 0.794. The van der Waals surface area contributed by atoms with Gasteiger partial charge in [0.25, 0.3) is 0 Å². The number of rotatable bonds is 3. The SMILES string of the molecule is CC1(CNC2CCOC3(CCC3)C2)CCC1. The Morgan fingerprint density at radius 1 is 1.19 bits per heavy atom. The Kier molecular flexibility index (Phi) is 2.75. The van der Waals surface area contributed by atoms with Gasteiger partial charge in [-0.15, -0.1) is 0 Å². The van der Waals surface area contributed by atoms with Crippen molar-refractivity contribution in [2.24, 2.45) is 5.41 Å². The molecule has 16 heavy (non-hydrogen) atoms. The van der Waals surface area contributed by atoms with Gasteiger partial charge in [0.15, 0.2) is 0 Å². The summed E-state index contributed by atoms with van der Waals surface area (Å²) in [5.41, 5.74) is 0.918. The highest BCUT2D eigenvalue weighted by Gasteiger charge is 2.43. The Labute approximate surface area is 99.1 Å². The van der Waals surface area contributed by atoms with E-state index in [9.17, 15) is 0 Å². The predicted octanol–water partition coefficient (Wildman–Crippen LogP) is 2.87. The molecule has 0 radical (unpaired) electrons. The molecule has 0 aromatic rings. The smallest absolute Gasteiger partial charge is 0.0697 e. The Balaban J connectivity index is 1.47. The van der Waals surface area contributed by atoms with Crippen molar-refractivity contribution >= 4 is 0 Å². The monoisotopic (exact) mass is 223 g/mol. The molecule has 0 amide bonds. The van der Waals surface area contributed by atoms with Crippen LogP contribution in [0.15, 0.2) is 0 Å². The topological polar surface area (TPSA) is 21.3 Å². The summed E-state index contributed by atoms with van der Waals surface area (Å²) in [6.45, 7) is 4.64. The second kappa shape index (κ2) is 3.99. The normalized spacial score (nSPS) is 35.4. The highest BCUT2D eigenvalue weighted by atomic mass is 16.5. The van der Waals surface area contributed by atoms with Crippen molar-refractivity contribution in [1.82, 2.24) is 5.32 Å². The van der Waals surface area contributed by atoms with E-state index >= 15 is 0 Å². The van der Waals surface area contributed by atoms with Crippen LogP contribution in [0, 0.1) is 5.41 Å². The van der Waals surface area contributed by atoms with Crippen molar-refractivity contribution in [2.75, 3.05) is 13.2 Å². The summed E-state index contributed by atoms with van der Waals surface area (Å²) in [5, 5.41) is 3.81. The molecular weight excluding hydrogens is 198 g/mol. The van der Waals surface area contributed by atoms with Crippen molar-refractivity contribution in [3.8, 4) is 0 Å². The van der Waals surface area contributed by atoms with Crippen LogP contribution in [0.1, 0.15) is 58.3 Å². The molecular formula is C14H25NO. The molecule has 3 rings (SSSR count). The zero-order valence-corrected chi connectivity index (χ0v) is 10.6. The third-order valence-electron chi connectivity index (χ3n) is 5.14. The minimum atomic E-state index is 0.302. The number of hydrogen-bond acceptors (Lipinski definition) is 2. The second-order valence-electron chi connectivity index (χ2n) is 6.62. The third kappa shape index (κ3) is 2.02. The fourth-order valence-electron chi connectivity index (χ4n) is 3.47. The lowest BCUT2D eigenvalue weighted by Gasteiger charge is -2.48. The van der Waals surface area contributed by atoms with Crippen molar-refractivity contribution in [1.29, 1.82) is 0 Å². The van der Waals surface area contributed by atoms with Crippen LogP contribution >= 0.6 is 0 Å². The van der Waals surface area contributed by atoms with E-state index in [1.807, 2.05) is 0 Å². The molecule has 1 saturated heterocycles. The van der Waals surface area contributed by atoms with Crippen LogP contribution in [-0.2, 0) is 4.74 Å². The van der Waals surface area contributed by atoms with Crippen LogP contribution < -0.4 is 5.32 Å². The van der Waals surface area contributed by atoms with Crippen LogP contribution in [0.25, 0.3) is 0 Å². The molecule has 1 heterocycles. The van der Waals surface area contributed by atoms with Crippen molar-refractivity contribution < 1.29 is 4.74 Å². The van der Waals surface area contributed by atoms with E-state index in [0.717, 1.165) is 12.6 Å². The molecule has 2 heteroatoms. The second-order valence-corrected chi connectivity index (χ2v) is 6.62. The average Bonchev–Trinajstić information content (AvgIpc) is 2.22. The van der Waals surface area contributed by atoms with Gasteiger partial charge in [-0.3, -0.25) is 0 Å². The van der Waals surface area contributed by atoms with Crippen molar-refractivity contribution in [3.05, 3.63) is 0 Å². The average molecular weight is 223 g/mol. The van der Waals surface area contributed by atoms with E-state index < -0.39 is 0 Å². The fourth-order valence-corrected chi connectivity index (χ4v) is 3.47. The predicted molar refractivity (Wildman–Crippen MR) is 65.5 cm³/mol. The van der Waals surface area contributed by atoms with Gasteiger partial charge in [-0.05, 0) is 50.4 Å². The number of hydrogen-bond donors (Lipinski definition) is 1. The van der Waals surface area contributed by atoms with Gasteiger partial charge in [-0.1, -0.05) is 13.3 Å². The van der Waals surface area contributed by atoms with Crippen LogP contribution in [0.3, 0.4) is 0 Å². The lowest BCUT2D eigenvalue weighted by molar-refractivity contribution is -0.136. The largest absolute Gasteiger partial charge is 0.375 e. The minimum Gasteiger partial charge on any atom is -0.375 e. The van der Waals surface area contributed by atoms with Crippen LogP contribution in [0.2, 0.25) is 0 Å². The standard InChI is InChI=1S/C14H25NO/c1-13(5-2-6-13)11-15-12-4-9-16-14(10-12)7-3-8-14/h12,15H,2-11H2,1H3. The Morgan fingerprint density at radius 2 is 1.94 bits per heavy atom. The molecule has 92 valence electrons. The van der Waals surface area contributed by atoms with E-state index in [1.165, 1.54) is 57.9 Å².